The number of nitrogens with one attached hydrogen (secondary N) is 1. The molecular formula is C7H12ClF2NO. The summed E-state index contributed by atoms with van der Waals surface area (Å²) in [6.45, 7) is 1.12. The normalized spacial score (nSPS) is 38.5. The molecule has 5 heteroatoms. The molecule has 2 nitrogen and oxygen atoms in total. The first-order chi connectivity index (χ1) is 5.20. The maximum atomic E-state index is 12.9. The van der Waals surface area contributed by atoms with Gasteiger partial charge in [0.25, 0.3) is 5.92 Å². The largest absolute Gasteiger partial charge is 0.375 e. The van der Waals surface area contributed by atoms with E-state index in [0.29, 0.717) is 19.6 Å². The number of ether oxygens (including phenoxy) is 1. The molecule has 0 unspecified atom stereocenters. The number of hydrogen-bond acceptors (Lipinski definition) is 2. The SMILES string of the molecule is Cl.FC1(F)CC[C@@H]2OCCN[C@H]21. The summed E-state index contributed by atoms with van der Waals surface area (Å²) in [5, 5.41) is 2.80. The van der Waals surface area contributed by atoms with E-state index < -0.39 is 12.0 Å². The molecule has 0 bridgehead atoms. The molecular weight excluding hydrogens is 188 g/mol. The second-order valence-electron chi connectivity index (χ2n) is 3.14. The molecule has 2 fully saturated rings. The highest BCUT2D eigenvalue weighted by molar-refractivity contribution is 5.85. The first-order valence-electron chi connectivity index (χ1n) is 3.93. The lowest BCUT2D eigenvalue weighted by Gasteiger charge is -2.29. The second kappa shape index (κ2) is 3.44. The van der Waals surface area contributed by atoms with Crippen LogP contribution in [-0.2, 0) is 4.74 Å². The van der Waals surface area contributed by atoms with Crippen LogP contribution in [0.5, 0.6) is 0 Å². The van der Waals surface area contributed by atoms with Gasteiger partial charge in [0.05, 0.1) is 18.8 Å². The van der Waals surface area contributed by atoms with Crippen LogP contribution < -0.4 is 5.32 Å². The van der Waals surface area contributed by atoms with E-state index in [2.05, 4.69) is 5.32 Å². The van der Waals surface area contributed by atoms with E-state index in [4.69, 9.17) is 4.74 Å². The van der Waals surface area contributed by atoms with Gasteiger partial charge in [-0.2, -0.15) is 0 Å². The number of morpholine rings is 1. The Hall–Kier alpha value is 0.0700. The molecule has 0 aromatic carbocycles. The minimum atomic E-state index is -2.55. The standard InChI is InChI=1S/C7H11F2NO.ClH/c8-7(9)2-1-5-6(7)10-3-4-11-5;/h5-6,10H,1-4H2;1H/t5-,6+;/m0./s1. The Morgan fingerprint density at radius 3 is 2.83 bits per heavy atom. The van der Waals surface area contributed by atoms with Gasteiger partial charge in [0, 0.05) is 13.0 Å². The third-order valence-electron chi connectivity index (χ3n) is 2.39. The maximum Gasteiger partial charge on any atom is 0.265 e. The van der Waals surface area contributed by atoms with Crippen LogP contribution in [0.3, 0.4) is 0 Å². The van der Waals surface area contributed by atoms with Crippen molar-refractivity contribution in [2.75, 3.05) is 13.2 Å². The molecule has 1 saturated heterocycles. The Kier molecular flexibility index (Phi) is 2.91. The summed E-state index contributed by atoms with van der Waals surface area (Å²) in [4.78, 5) is 0. The maximum absolute atomic E-state index is 12.9. The van der Waals surface area contributed by atoms with Crippen LogP contribution in [0.25, 0.3) is 0 Å². The lowest BCUT2D eigenvalue weighted by molar-refractivity contribution is -0.0723. The number of hydrogen-bond donors (Lipinski definition) is 1. The highest BCUT2D eigenvalue weighted by atomic mass is 35.5. The Morgan fingerprint density at radius 2 is 2.17 bits per heavy atom. The summed E-state index contributed by atoms with van der Waals surface area (Å²) in [5.41, 5.74) is 0. The molecule has 72 valence electrons. The van der Waals surface area contributed by atoms with Crippen molar-refractivity contribution in [1.29, 1.82) is 0 Å². The zero-order chi connectivity index (χ0) is 7.90. The molecule has 0 aromatic heterocycles. The molecule has 2 atom stereocenters. The zero-order valence-electron chi connectivity index (χ0n) is 6.56. The van der Waals surface area contributed by atoms with Crippen LogP contribution in [0.15, 0.2) is 0 Å². The van der Waals surface area contributed by atoms with Crippen molar-refractivity contribution in [1.82, 2.24) is 5.32 Å². The fourth-order valence-corrected chi connectivity index (χ4v) is 1.81. The van der Waals surface area contributed by atoms with Crippen molar-refractivity contribution in [3.63, 3.8) is 0 Å². The van der Waals surface area contributed by atoms with E-state index in [1.165, 1.54) is 0 Å². The molecule has 1 aliphatic heterocycles. The fourth-order valence-electron chi connectivity index (χ4n) is 1.81. The van der Waals surface area contributed by atoms with Crippen molar-refractivity contribution in [3.8, 4) is 0 Å². The van der Waals surface area contributed by atoms with Gasteiger partial charge in [-0.15, -0.1) is 12.4 Å². The van der Waals surface area contributed by atoms with Crippen LogP contribution in [-0.4, -0.2) is 31.2 Å². The lowest BCUT2D eigenvalue weighted by Crippen LogP contribution is -2.52. The van der Waals surface area contributed by atoms with E-state index in [9.17, 15) is 8.78 Å². The summed E-state index contributed by atoms with van der Waals surface area (Å²) in [7, 11) is 0. The molecule has 2 rings (SSSR count). The summed E-state index contributed by atoms with van der Waals surface area (Å²) < 4.78 is 31.1. The van der Waals surface area contributed by atoms with Crippen molar-refractivity contribution in [3.05, 3.63) is 0 Å². The third kappa shape index (κ3) is 1.56. The second-order valence-corrected chi connectivity index (χ2v) is 3.14. The summed E-state index contributed by atoms with van der Waals surface area (Å²) in [5.74, 6) is -2.55. The third-order valence-corrected chi connectivity index (χ3v) is 2.39. The van der Waals surface area contributed by atoms with Gasteiger partial charge in [-0.3, -0.25) is 0 Å². The predicted octanol–water partition coefficient (Wildman–Crippen LogP) is 1.19. The van der Waals surface area contributed by atoms with Gasteiger partial charge >= 0.3 is 0 Å². The van der Waals surface area contributed by atoms with Crippen molar-refractivity contribution < 1.29 is 13.5 Å². The predicted molar refractivity (Wildman–Crippen MR) is 43.0 cm³/mol. The van der Waals surface area contributed by atoms with Crippen molar-refractivity contribution in [2.45, 2.75) is 30.9 Å². The Morgan fingerprint density at radius 1 is 1.42 bits per heavy atom. The smallest absolute Gasteiger partial charge is 0.265 e. The minimum absolute atomic E-state index is 0. The Labute approximate surface area is 76.1 Å². The lowest BCUT2D eigenvalue weighted by atomic mass is 10.1. The molecule has 1 aliphatic carbocycles. The number of halogens is 3. The topological polar surface area (TPSA) is 21.3 Å². The van der Waals surface area contributed by atoms with Gasteiger partial charge in [-0.1, -0.05) is 0 Å². The Balaban J connectivity index is 0.000000720. The number of rotatable bonds is 0. The van der Waals surface area contributed by atoms with Crippen LogP contribution in [0.2, 0.25) is 0 Å². The van der Waals surface area contributed by atoms with E-state index in [1.54, 1.807) is 0 Å². The molecule has 1 N–H and O–H groups in total. The van der Waals surface area contributed by atoms with E-state index in [0.717, 1.165) is 0 Å². The summed E-state index contributed by atoms with van der Waals surface area (Å²) >= 11 is 0. The average Bonchev–Trinajstić information content (AvgIpc) is 2.29. The van der Waals surface area contributed by atoms with Gasteiger partial charge in [0.15, 0.2) is 0 Å². The molecule has 0 radical (unpaired) electrons. The van der Waals surface area contributed by atoms with E-state index in [-0.39, 0.29) is 24.9 Å². The molecule has 1 heterocycles. The average molecular weight is 200 g/mol. The van der Waals surface area contributed by atoms with Gasteiger partial charge in [-0.05, 0) is 6.42 Å². The zero-order valence-corrected chi connectivity index (χ0v) is 7.37. The molecule has 0 aromatic rings. The van der Waals surface area contributed by atoms with Gasteiger partial charge in [0.2, 0.25) is 0 Å². The highest BCUT2D eigenvalue weighted by Gasteiger charge is 2.51. The van der Waals surface area contributed by atoms with E-state index in [1.807, 2.05) is 0 Å². The van der Waals surface area contributed by atoms with Gasteiger partial charge in [-0.25, -0.2) is 8.78 Å². The summed E-state index contributed by atoms with van der Waals surface area (Å²) in [6.07, 6.45) is 0.207. The van der Waals surface area contributed by atoms with E-state index >= 15 is 0 Å². The van der Waals surface area contributed by atoms with Crippen LogP contribution >= 0.6 is 12.4 Å². The fraction of sp³-hybridized carbons (Fsp3) is 1.00. The first kappa shape index (κ1) is 10.2. The molecule has 0 spiro atoms. The molecule has 2 aliphatic rings. The first-order valence-corrected chi connectivity index (χ1v) is 3.93. The highest BCUT2D eigenvalue weighted by Crippen LogP contribution is 2.37. The number of alkyl halides is 2. The van der Waals surface area contributed by atoms with Crippen molar-refractivity contribution in [2.24, 2.45) is 0 Å². The molecule has 12 heavy (non-hydrogen) atoms. The number of fused-ring (bicyclic) bond motifs is 1. The summed E-state index contributed by atoms with van der Waals surface area (Å²) in [6, 6.07) is -0.726. The molecule has 1 saturated carbocycles. The molecule has 0 amide bonds. The van der Waals surface area contributed by atoms with Crippen LogP contribution in [0, 0.1) is 0 Å². The van der Waals surface area contributed by atoms with Crippen molar-refractivity contribution >= 4 is 12.4 Å². The quantitative estimate of drug-likeness (QED) is 0.633. The van der Waals surface area contributed by atoms with Crippen LogP contribution in [0.1, 0.15) is 12.8 Å². The Bertz CT molecular complexity index is 167. The van der Waals surface area contributed by atoms with Gasteiger partial charge < -0.3 is 10.1 Å². The minimum Gasteiger partial charge on any atom is -0.375 e. The van der Waals surface area contributed by atoms with Crippen LogP contribution in [0.4, 0.5) is 8.78 Å². The monoisotopic (exact) mass is 199 g/mol. The van der Waals surface area contributed by atoms with Gasteiger partial charge in [0.1, 0.15) is 0 Å².